The number of aliphatic imine (C=N–C) groups is 1. The SMILES string of the molecule is Cc1cc(=O)[nH]c(NC(=S)/N=C/c2ccc(Cl)cc2)n1. The number of hydrogen-bond donors (Lipinski definition) is 2. The number of aromatic nitrogens is 2. The maximum atomic E-state index is 11.3. The second-order valence-corrected chi connectivity index (χ2v) is 4.80. The van der Waals surface area contributed by atoms with Gasteiger partial charge in [0.15, 0.2) is 5.11 Å². The highest BCUT2D eigenvalue weighted by Crippen LogP contribution is 2.08. The lowest BCUT2D eigenvalue weighted by Gasteiger charge is -2.02. The normalized spacial score (nSPS) is 10.7. The van der Waals surface area contributed by atoms with Crippen molar-refractivity contribution >= 4 is 41.1 Å². The predicted molar refractivity (Wildman–Crippen MR) is 84.9 cm³/mol. The van der Waals surface area contributed by atoms with Gasteiger partial charge in [-0.1, -0.05) is 23.7 Å². The van der Waals surface area contributed by atoms with Gasteiger partial charge in [0.1, 0.15) is 0 Å². The van der Waals surface area contributed by atoms with Crippen LogP contribution < -0.4 is 10.9 Å². The van der Waals surface area contributed by atoms with Crippen LogP contribution in [-0.4, -0.2) is 21.3 Å². The summed E-state index contributed by atoms with van der Waals surface area (Å²) < 4.78 is 0. The van der Waals surface area contributed by atoms with E-state index in [0.29, 0.717) is 10.7 Å². The minimum atomic E-state index is -0.246. The summed E-state index contributed by atoms with van der Waals surface area (Å²) in [6.45, 7) is 1.72. The van der Waals surface area contributed by atoms with Crippen LogP contribution in [0.4, 0.5) is 5.95 Å². The van der Waals surface area contributed by atoms with Crippen LogP contribution in [0.3, 0.4) is 0 Å². The third-order valence-corrected chi connectivity index (χ3v) is 2.76. The van der Waals surface area contributed by atoms with Crippen molar-refractivity contribution in [1.29, 1.82) is 0 Å². The molecule has 0 saturated carbocycles. The smallest absolute Gasteiger partial charge is 0.252 e. The summed E-state index contributed by atoms with van der Waals surface area (Å²) in [4.78, 5) is 22.0. The minimum absolute atomic E-state index is 0.203. The highest BCUT2D eigenvalue weighted by Gasteiger charge is 1.99. The van der Waals surface area contributed by atoms with E-state index in [0.717, 1.165) is 5.56 Å². The van der Waals surface area contributed by atoms with Crippen molar-refractivity contribution < 1.29 is 0 Å². The molecule has 0 aliphatic carbocycles. The molecular formula is C13H11ClN4OS. The Morgan fingerprint density at radius 3 is 2.80 bits per heavy atom. The van der Waals surface area contributed by atoms with E-state index in [9.17, 15) is 4.79 Å². The summed E-state index contributed by atoms with van der Waals surface area (Å²) in [6.07, 6.45) is 1.60. The first kappa shape index (κ1) is 14.4. The fourth-order valence-electron chi connectivity index (χ4n) is 1.45. The molecule has 2 rings (SSSR count). The van der Waals surface area contributed by atoms with Gasteiger partial charge in [-0.2, -0.15) is 0 Å². The van der Waals surface area contributed by atoms with Gasteiger partial charge in [0.25, 0.3) is 5.56 Å². The lowest BCUT2D eigenvalue weighted by Crippen LogP contribution is -2.15. The summed E-state index contributed by atoms with van der Waals surface area (Å²) in [5.74, 6) is 0.272. The van der Waals surface area contributed by atoms with Crippen molar-refractivity contribution in [3.8, 4) is 0 Å². The second-order valence-electron chi connectivity index (χ2n) is 3.98. The maximum absolute atomic E-state index is 11.3. The average molecular weight is 307 g/mol. The van der Waals surface area contributed by atoms with Gasteiger partial charge >= 0.3 is 0 Å². The largest absolute Gasteiger partial charge is 0.301 e. The fraction of sp³-hybridized carbons (Fsp3) is 0.0769. The number of nitrogens with one attached hydrogen (secondary N) is 2. The van der Waals surface area contributed by atoms with E-state index in [1.54, 1.807) is 25.3 Å². The minimum Gasteiger partial charge on any atom is -0.301 e. The molecule has 0 amide bonds. The lowest BCUT2D eigenvalue weighted by molar-refractivity contribution is 1.08. The van der Waals surface area contributed by atoms with E-state index < -0.39 is 0 Å². The number of H-pyrrole nitrogens is 1. The zero-order valence-electron chi connectivity index (χ0n) is 10.6. The van der Waals surface area contributed by atoms with Crippen molar-refractivity contribution in [1.82, 2.24) is 9.97 Å². The zero-order chi connectivity index (χ0) is 14.5. The van der Waals surface area contributed by atoms with Crippen LogP contribution in [0.25, 0.3) is 0 Å². The van der Waals surface area contributed by atoms with Crippen LogP contribution in [0, 0.1) is 6.92 Å². The molecule has 0 spiro atoms. The van der Waals surface area contributed by atoms with Gasteiger partial charge < -0.3 is 5.32 Å². The molecule has 1 aromatic heterocycles. The summed E-state index contributed by atoms with van der Waals surface area (Å²) in [5, 5.41) is 3.61. The van der Waals surface area contributed by atoms with E-state index in [-0.39, 0.29) is 16.6 Å². The van der Waals surface area contributed by atoms with Gasteiger partial charge in [-0.15, -0.1) is 0 Å². The Hall–Kier alpha value is -2.05. The van der Waals surface area contributed by atoms with Gasteiger partial charge in [-0.05, 0) is 36.8 Å². The first-order valence-electron chi connectivity index (χ1n) is 5.71. The molecule has 0 bridgehead atoms. The number of aromatic amines is 1. The molecule has 0 radical (unpaired) electrons. The van der Waals surface area contributed by atoms with Crippen LogP contribution >= 0.6 is 23.8 Å². The van der Waals surface area contributed by atoms with Crippen molar-refractivity contribution in [3.63, 3.8) is 0 Å². The zero-order valence-corrected chi connectivity index (χ0v) is 12.1. The molecule has 20 heavy (non-hydrogen) atoms. The van der Waals surface area contributed by atoms with E-state index in [4.69, 9.17) is 23.8 Å². The number of anilines is 1. The Morgan fingerprint density at radius 2 is 2.15 bits per heavy atom. The highest BCUT2D eigenvalue weighted by molar-refractivity contribution is 7.80. The van der Waals surface area contributed by atoms with Crippen molar-refractivity contribution in [3.05, 3.63) is 57.0 Å². The summed E-state index contributed by atoms with van der Waals surface area (Å²) in [6, 6.07) is 8.56. The van der Waals surface area contributed by atoms with Crippen molar-refractivity contribution in [2.24, 2.45) is 4.99 Å². The number of hydrogen-bond acceptors (Lipinski definition) is 3. The number of nitrogens with zero attached hydrogens (tertiary/aromatic N) is 2. The Balaban J connectivity index is 2.05. The molecule has 0 saturated heterocycles. The first-order valence-corrected chi connectivity index (χ1v) is 6.50. The Kier molecular flexibility index (Phi) is 4.60. The van der Waals surface area contributed by atoms with Crippen LogP contribution in [0.2, 0.25) is 5.02 Å². The molecule has 0 aliphatic rings. The van der Waals surface area contributed by atoms with Gasteiger partial charge in [0.2, 0.25) is 5.95 Å². The quantitative estimate of drug-likeness (QED) is 0.661. The third-order valence-electron chi connectivity index (χ3n) is 2.30. The van der Waals surface area contributed by atoms with E-state index in [1.165, 1.54) is 6.07 Å². The molecule has 1 heterocycles. The van der Waals surface area contributed by atoms with Gasteiger partial charge in [0.05, 0.1) is 0 Å². The highest BCUT2D eigenvalue weighted by atomic mass is 35.5. The van der Waals surface area contributed by atoms with Crippen LogP contribution in [0.15, 0.2) is 40.1 Å². The maximum Gasteiger partial charge on any atom is 0.252 e. The molecule has 0 atom stereocenters. The van der Waals surface area contributed by atoms with E-state index in [1.807, 2.05) is 12.1 Å². The molecule has 0 aliphatic heterocycles. The van der Waals surface area contributed by atoms with Crippen LogP contribution in [-0.2, 0) is 0 Å². The van der Waals surface area contributed by atoms with Gasteiger partial charge in [0, 0.05) is 23.0 Å². The lowest BCUT2D eigenvalue weighted by atomic mass is 10.2. The molecular weight excluding hydrogens is 296 g/mol. The average Bonchev–Trinajstić information content (AvgIpc) is 2.37. The molecule has 1 aromatic carbocycles. The second kappa shape index (κ2) is 6.40. The summed E-state index contributed by atoms with van der Waals surface area (Å²) in [7, 11) is 0. The number of rotatable bonds is 2. The number of aryl methyl sites for hydroxylation is 1. The number of benzene rings is 1. The third kappa shape index (κ3) is 4.25. The van der Waals surface area contributed by atoms with Gasteiger partial charge in [-0.25, -0.2) is 9.98 Å². The number of halogens is 1. The van der Waals surface area contributed by atoms with Crippen molar-refractivity contribution in [2.45, 2.75) is 6.92 Å². The topological polar surface area (TPSA) is 70.1 Å². The molecule has 5 nitrogen and oxygen atoms in total. The molecule has 0 unspecified atom stereocenters. The summed E-state index contributed by atoms with van der Waals surface area (Å²) in [5.41, 5.74) is 1.22. The summed E-state index contributed by atoms with van der Waals surface area (Å²) >= 11 is 10.8. The molecule has 2 aromatic rings. The first-order chi connectivity index (χ1) is 9.52. The Labute approximate surface area is 125 Å². The van der Waals surface area contributed by atoms with Crippen molar-refractivity contribution in [2.75, 3.05) is 5.32 Å². The molecule has 7 heteroatoms. The fourth-order valence-corrected chi connectivity index (χ4v) is 1.73. The molecule has 2 N–H and O–H groups in total. The predicted octanol–water partition coefficient (Wildman–Crippen LogP) is 2.55. The van der Waals surface area contributed by atoms with Crippen LogP contribution in [0.1, 0.15) is 11.3 Å². The number of thiocarbonyl (C=S) groups is 1. The van der Waals surface area contributed by atoms with E-state index in [2.05, 4.69) is 20.3 Å². The Bertz CT molecular complexity index is 709. The Morgan fingerprint density at radius 1 is 1.45 bits per heavy atom. The monoisotopic (exact) mass is 306 g/mol. The standard InChI is InChI=1S/C13H11ClN4OS/c1-8-6-11(19)17-12(16-8)18-13(20)15-7-9-2-4-10(14)5-3-9/h2-7H,1H3,(H2,16,17,18,19,20)/b15-7+. The van der Waals surface area contributed by atoms with Gasteiger partial charge in [-0.3, -0.25) is 9.78 Å². The molecule has 102 valence electrons. The van der Waals surface area contributed by atoms with E-state index >= 15 is 0 Å². The van der Waals surface area contributed by atoms with Crippen LogP contribution in [0.5, 0.6) is 0 Å². The molecule has 0 fully saturated rings.